The maximum atomic E-state index is 4.32. The van der Waals surface area contributed by atoms with Crippen LogP contribution in [0.25, 0.3) is 0 Å². The van der Waals surface area contributed by atoms with Gasteiger partial charge in [0.25, 0.3) is 0 Å². The van der Waals surface area contributed by atoms with Gasteiger partial charge in [-0.15, -0.1) is 10.2 Å². The monoisotopic (exact) mass is 252 g/mol. The van der Waals surface area contributed by atoms with Crippen LogP contribution in [0.3, 0.4) is 0 Å². The van der Waals surface area contributed by atoms with E-state index in [2.05, 4.69) is 33.5 Å². The van der Waals surface area contributed by atoms with Gasteiger partial charge in [0.15, 0.2) is 4.34 Å². The molecule has 0 saturated heterocycles. The first-order valence-corrected chi connectivity index (χ1v) is 6.83. The summed E-state index contributed by atoms with van der Waals surface area (Å²) in [5, 5.41) is 11.0. The molecule has 0 atom stereocenters. The van der Waals surface area contributed by atoms with Gasteiger partial charge < -0.3 is 5.32 Å². The Kier molecular flexibility index (Phi) is 4.12. The molecule has 0 saturated carbocycles. The van der Waals surface area contributed by atoms with E-state index in [0.29, 0.717) is 0 Å². The zero-order valence-electron chi connectivity index (χ0n) is 8.88. The first kappa shape index (κ1) is 11.3. The van der Waals surface area contributed by atoms with Crippen molar-refractivity contribution in [2.75, 3.05) is 11.9 Å². The number of rotatable bonds is 5. The number of aromatic nitrogens is 3. The van der Waals surface area contributed by atoms with Gasteiger partial charge in [0.1, 0.15) is 5.51 Å². The summed E-state index contributed by atoms with van der Waals surface area (Å²) in [5.74, 6) is 0.828. The van der Waals surface area contributed by atoms with E-state index in [1.54, 1.807) is 28.6 Å². The van der Waals surface area contributed by atoms with Crippen molar-refractivity contribution >= 4 is 28.8 Å². The fourth-order valence-electron chi connectivity index (χ4n) is 1.23. The molecule has 2 heterocycles. The van der Waals surface area contributed by atoms with Crippen molar-refractivity contribution < 1.29 is 0 Å². The third-order valence-corrected chi connectivity index (χ3v) is 3.77. The molecule has 16 heavy (non-hydrogen) atoms. The largest absolute Gasteiger partial charge is 0.385 e. The standard InChI is InChI=1S/C10H12N4S2/c1-2-11-8-3-4-12-9(5-8)6-15-10-14-13-7-16-10/h3-5,7H,2,6H2,1H3,(H,11,12). The Balaban J connectivity index is 1.96. The molecule has 1 N–H and O–H groups in total. The van der Waals surface area contributed by atoms with E-state index in [0.717, 1.165) is 28.0 Å². The molecular weight excluding hydrogens is 240 g/mol. The smallest absolute Gasteiger partial charge is 0.174 e. The Labute approximate surface area is 103 Å². The second-order valence-corrected chi connectivity index (χ2v) is 5.12. The van der Waals surface area contributed by atoms with Gasteiger partial charge in [0.2, 0.25) is 0 Å². The summed E-state index contributed by atoms with van der Waals surface area (Å²) in [5.41, 5.74) is 3.91. The van der Waals surface area contributed by atoms with Gasteiger partial charge in [0.05, 0.1) is 5.69 Å². The van der Waals surface area contributed by atoms with Gasteiger partial charge in [-0.2, -0.15) is 0 Å². The Hall–Kier alpha value is -1.14. The fraction of sp³-hybridized carbons (Fsp3) is 0.300. The summed E-state index contributed by atoms with van der Waals surface area (Å²) in [6, 6.07) is 4.04. The van der Waals surface area contributed by atoms with Crippen LogP contribution in [0.15, 0.2) is 28.2 Å². The lowest BCUT2D eigenvalue weighted by Gasteiger charge is -2.04. The van der Waals surface area contributed by atoms with Crippen molar-refractivity contribution in [1.82, 2.24) is 15.2 Å². The molecule has 0 aliphatic carbocycles. The highest BCUT2D eigenvalue weighted by molar-refractivity contribution is 8.00. The number of nitrogens with one attached hydrogen (secondary N) is 1. The number of thioether (sulfide) groups is 1. The van der Waals surface area contributed by atoms with E-state index in [9.17, 15) is 0 Å². The lowest BCUT2D eigenvalue weighted by atomic mass is 10.3. The van der Waals surface area contributed by atoms with Crippen LogP contribution in [0.1, 0.15) is 12.6 Å². The van der Waals surface area contributed by atoms with Crippen LogP contribution in [0.2, 0.25) is 0 Å². The SMILES string of the molecule is CCNc1ccnc(CSc2nncs2)c1. The van der Waals surface area contributed by atoms with E-state index < -0.39 is 0 Å². The highest BCUT2D eigenvalue weighted by Crippen LogP contribution is 2.23. The molecule has 2 rings (SSSR count). The van der Waals surface area contributed by atoms with Gasteiger partial charge in [-0.1, -0.05) is 23.1 Å². The minimum absolute atomic E-state index is 0.828. The Bertz CT molecular complexity index is 430. The van der Waals surface area contributed by atoms with Gasteiger partial charge >= 0.3 is 0 Å². The summed E-state index contributed by atoms with van der Waals surface area (Å²) in [7, 11) is 0. The molecule has 0 bridgehead atoms. The second kappa shape index (κ2) is 5.81. The minimum atomic E-state index is 0.828. The lowest BCUT2D eigenvalue weighted by molar-refractivity contribution is 1.01. The maximum Gasteiger partial charge on any atom is 0.174 e. The average molecular weight is 252 g/mol. The third-order valence-electron chi connectivity index (χ3n) is 1.88. The quantitative estimate of drug-likeness (QED) is 0.829. The zero-order chi connectivity index (χ0) is 11.2. The van der Waals surface area contributed by atoms with Crippen molar-refractivity contribution in [1.29, 1.82) is 0 Å². The van der Waals surface area contributed by atoms with E-state index in [4.69, 9.17) is 0 Å². The second-order valence-electron chi connectivity index (χ2n) is 3.06. The van der Waals surface area contributed by atoms with Crippen LogP contribution in [0, 0.1) is 0 Å². The number of hydrogen-bond donors (Lipinski definition) is 1. The summed E-state index contributed by atoms with van der Waals surface area (Å²) < 4.78 is 0.982. The molecule has 4 nitrogen and oxygen atoms in total. The summed E-state index contributed by atoms with van der Waals surface area (Å²) in [6.45, 7) is 3.00. The molecule has 6 heteroatoms. The Morgan fingerprint density at radius 1 is 1.50 bits per heavy atom. The number of anilines is 1. The highest BCUT2D eigenvalue weighted by atomic mass is 32.2. The zero-order valence-corrected chi connectivity index (χ0v) is 10.5. The number of nitrogens with zero attached hydrogens (tertiary/aromatic N) is 3. The molecule has 2 aromatic heterocycles. The Morgan fingerprint density at radius 3 is 3.19 bits per heavy atom. The van der Waals surface area contributed by atoms with Gasteiger partial charge in [-0.25, -0.2) is 0 Å². The molecule has 0 aliphatic heterocycles. The van der Waals surface area contributed by atoms with E-state index in [-0.39, 0.29) is 0 Å². The van der Waals surface area contributed by atoms with Gasteiger partial charge in [-0.3, -0.25) is 4.98 Å². The Morgan fingerprint density at radius 2 is 2.44 bits per heavy atom. The molecule has 84 valence electrons. The molecule has 0 unspecified atom stereocenters. The molecule has 0 spiro atoms. The molecule has 0 radical (unpaired) electrons. The van der Waals surface area contributed by atoms with Crippen LogP contribution >= 0.6 is 23.1 Å². The third kappa shape index (κ3) is 3.18. The lowest BCUT2D eigenvalue weighted by Crippen LogP contribution is -1.97. The molecule has 0 aromatic carbocycles. The predicted molar refractivity (Wildman–Crippen MR) is 67.9 cm³/mol. The molecule has 0 aliphatic rings. The van der Waals surface area contributed by atoms with Crippen molar-refractivity contribution in [3.63, 3.8) is 0 Å². The number of hydrogen-bond acceptors (Lipinski definition) is 6. The predicted octanol–water partition coefficient (Wildman–Crippen LogP) is 2.66. The van der Waals surface area contributed by atoms with Gasteiger partial charge in [0, 0.05) is 24.2 Å². The minimum Gasteiger partial charge on any atom is -0.385 e. The highest BCUT2D eigenvalue weighted by Gasteiger charge is 2.01. The van der Waals surface area contributed by atoms with Crippen LogP contribution in [-0.2, 0) is 5.75 Å². The van der Waals surface area contributed by atoms with Gasteiger partial charge in [-0.05, 0) is 19.1 Å². The normalized spacial score (nSPS) is 10.3. The topological polar surface area (TPSA) is 50.7 Å². The summed E-state index contributed by atoms with van der Waals surface area (Å²) in [6.07, 6.45) is 1.83. The summed E-state index contributed by atoms with van der Waals surface area (Å²) in [4.78, 5) is 4.32. The van der Waals surface area contributed by atoms with Crippen LogP contribution in [-0.4, -0.2) is 21.7 Å². The van der Waals surface area contributed by atoms with E-state index >= 15 is 0 Å². The van der Waals surface area contributed by atoms with Crippen molar-refractivity contribution in [3.05, 3.63) is 29.5 Å². The van der Waals surface area contributed by atoms with Crippen molar-refractivity contribution in [2.45, 2.75) is 17.0 Å². The van der Waals surface area contributed by atoms with Crippen LogP contribution in [0.5, 0.6) is 0 Å². The van der Waals surface area contributed by atoms with E-state index in [1.807, 2.05) is 12.3 Å². The number of pyridine rings is 1. The van der Waals surface area contributed by atoms with Crippen molar-refractivity contribution in [2.24, 2.45) is 0 Å². The molecule has 0 fully saturated rings. The van der Waals surface area contributed by atoms with Crippen LogP contribution in [0.4, 0.5) is 5.69 Å². The maximum absolute atomic E-state index is 4.32. The average Bonchev–Trinajstić information content (AvgIpc) is 2.80. The first-order valence-electron chi connectivity index (χ1n) is 4.96. The molecule has 2 aromatic rings. The fourth-order valence-corrected chi connectivity index (χ4v) is 2.62. The molecule has 0 amide bonds. The summed E-state index contributed by atoms with van der Waals surface area (Å²) >= 11 is 3.22. The van der Waals surface area contributed by atoms with E-state index in [1.165, 1.54) is 0 Å². The first-order chi connectivity index (χ1) is 7.88. The van der Waals surface area contributed by atoms with Crippen LogP contribution < -0.4 is 5.32 Å². The van der Waals surface area contributed by atoms with Crippen molar-refractivity contribution in [3.8, 4) is 0 Å². The molecular formula is C10H12N4S2.